The molecule has 96 valence electrons. The highest BCUT2D eigenvalue weighted by Gasteiger charge is 2.13. The van der Waals surface area contributed by atoms with Crippen molar-refractivity contribution in [3.8, 4) is 23.6 Å². The lowest BCUT2D eigenvalue weighted by Gasteiger charge is -2.09. The molecule has 0 aliphatic rings. The Bertz CT molecular complexity index is 655. The summed E-state index contributed by atoms with van der Waals surface area (Å²) in [5.41, 5.74) is 5.95. The Kier molecular flexibility index (Phi) is 3.43. The van der Waals surface area contributed by atoms with Crippen LogP contribution in [0.4, 0.5) is 10.1 Å². The molecule has 2 rings (SSSR count). The zero-order valence-corrected chi connectivity index (χ0v) is 9.92. The molecule has 0 unspecified atom stereocenters. The first kappa shape index (κ1) is 12.6. The van der Waals surface area contributed by atoms with Gasteiger partial charge in [0.15, 0.2) is 17.3 Å². The van der Waals surface area contributed by atoms with Crippen LogP contribution >= 0.6 is 0 Å². The third kappa shape index (κ3) is 2.52. The molecule has 0 radical (unpaired) electrons. The fourth-order valence-corrected chi connectivity index (χ4v) is 1.37. The van der Waals surface area contributed by atoms with Crippen LogP contribution < -0.4 is 15.2 Å². The van der Waals surface area contributed by atoms with Gasteiger partial charge in [0.2, 0.25) is 11.8 Å². The zero-order chi connectivity index (χ0) is 13.8. The Hall–Kier alpha value is -2.88. The van der Waals surface area contributed by atoms with E-state index in [2.05, 4.69) is 9.97 Å². The first-order chi connectivity index (χ1) is 9.15. The maximum atomic E-state index is 13.6. The van der Waals surface area contributed by atoms with E-state index in [1.165, 1.54) is 25.6 Å². The molecule has 19 heavy (non-hydrogen) atoms. The minimum absolute atomic E-state index is 0.0181. The summed E-state index contributed by atoms with van der Waals surface area (Å²) in [7, 11) is 1.39. The van der Waals surface area contributed by atoms with Crippen molar-refractivity contribution < 1.29 is 13.9 Å². The summed E-state index contributed by atoms with van der Waals surface area (Å²) >= 11 is 0. The maximum Gasteiger partial charge on any atom is 0.249 e. The van der Waals surface area contributed by atoms with Gasteiger partial charge in [-0.05, 0) is 18.2 Å². The molecule has 0 aliphatic heterocycles. The van der Waals surface area contributed by atoms with E-state index in [0.717, 1.165) is 6.07 Å². The Morgan fingerprint density at radius 3 is 2.68 bits per heavy atom. The van der Waals surface area contributed by atoms with E-state index in [-0.39, 0.29) is 28.8 Å². The molecule has 7 heteroatoms. The molecule has 1 heterocycles. The number of hydrogen-bond acceptors (Lipinski definition) is 6. The van der Waals surface area contributed by atoms with Gasteiger partial charge in [0.1, 0.15) is 6.33 Å². The van der Waals surface area contributed by atoms with Crippen molar-refractivity contribution in [1.82, 2.24) is 9.97 Å². The number of nitrogens with zero attached hydrogens (tertiary/aromatic N) is 3. The number of ether oxygens (including phenoxy) is 2. The van der Waals surface area contributed by atoms with Gasteiger partial charge in [-0.2, -0.15) is 15.2 Å². The molecule has 0 amide bonds. The number of rotatable bonds is 3. The number of hydrogen-bond donors (Lipinski definition) is 1. The van der Waals surface area contributed by atoms with E-state index >= 15 is 0 Å². The van der Waals surface area contributed by atoms with Crippen LogP contribution in [0.5, 0.6) is 17.5 Å². The number of nitrogen functional groups attached to an aromatic ring is 1. The molecule has 0 spiro atoms. The first-order valence-electron chi connectivity index (χ1n) is 5.17. The summed E-state index contributed by atoms with van der Waals surface area (Å²) in [6, 6.07) is 5.63. The van der Waals surface area contributed by atoms with Gasteiger partial charge in [0, 0.05) is 0 Å². The van der Waals surface area contributed by atoms with E-state index in [1.54, 1.807) is 0 Å². The van der Waals surface area contributed by atoms with Crippen molar-refractivity contribution in [2.75, 3.05) is 12.8 Å². The van der Waals surface area contributed by atoms with Crippen LogP contribution in [-0.2, 0) is 0 Å². The van der Waals surface area contributed by atoms with Crippen LogP contribution in [0.25, 0.3) is 0 Å². The Morgan fingerprint density at radius 2 is 2.05 bits per heavy atom. The second-order valence-electron chi connectivity index (χ2n) is 3.46. The van der Waals surface area contributed by atoms with Gasteiger partial charge in [-0.1, -0.05) is 0 Å². The number of nitriles is 1. The van der Waals surface area contributed by atoms with Gasteiger partial charge < -0.3 is 15.2 Å². The summed E-state index contributed by atoms with van der Waals surface area (Å²) in [5.74, 6) is -0.656. The van der Waals surface area contributed by atoms with Crippen molar-refractivity contribution >= 4 is 5.69 Å². The lowest BCUT2D eigenvalue weighted by atomic mass is 10.2. The number of nitrogens with two attached hydrogens (primary N) is 1. The van der Waals surface area contributed by atoms with Gasteiger partial charge in [0.25, 0.3) is 0 Å². The maximum absolute atomic E-state index is 13.6. The number of benzene rings is 1. The minimum atomic E-state index is -0.684. The van der Waals surface area contributed by atoms with Crippen LogP contribution in [-0.4, -0.2) is 17.1 Å². The average molecular weight is 260 g/mol. The summed E-state index contributed by atoms with van der Waals surface area (Å²) < 4.78 is 23.8. The first-order valence-corrected chi connectivity index (χ1v) is 5.17. The predicted molar refractivity (Wildman–Crippen MR) is 64.2 cm³/mol. The molecular weight excluding hydrogens is 251 g/mol. The molecule has 0 saturated heterocycles. The van der Waals surface area contributed by atoms with Crippen LogP contribution in [0.15, 0.2) is 24.5 Å². The highest BCUT2D eigenvalue weighted by molar-refractivity contribution is 5.56. The lowest BCUT2D eigenvalue weighted by molar-refractivity contribution is 0.387. The number of halogens is 1. The number of anilines is 1. The second kappa shape index (κ2) is 5.18. The standard InChI is InChI=1S/C12H9FN4O2/c1-18-11-10(15)12(17-6-16-11)19-9-3-2-7(5-14)4-8(9)13/h2-4,6H,15H2,1H3. The normalized spacial score (nSPS) is 9.74. The van der Waals surface area contributed by atoms with Gasteiger partial charge in [-0.25, -0.2) is 4.39 Å². The van der Waals surface area contributed by atoms with Crippen LogP contribution in [0, 0.1) is 17.1 Å². The van der Waals surface area contributed by atoms with Gasteiger partial charge in [-0.15, -0.1) is 0 Å². The van der Waals surface area contributed by atoms with Crippen LogP contribution in [0.2, 0.25) is 0 Å². The highest BCUT2D eigenvalue weighted by Crippen LogP contribution is 2.31. The summed E-state index contributed by atoms with van der Waals surface area (Å²) in [4.78, 5) is 7.57. The van der Waals surface area contributed by atoms with E-state index in [1.807, 2.05) is 6.07 Å². The van der Waals surface area contributed by atoms with Crippen LogP contribution in [0.3, 0.4) is 0 Å². The van der Waals surface area contributed by atoms with Crippen LogP contribution in [0.1, 0.15) is 5.56 Å². The molecule has 1 aromatic heterocycles. The number of methoxy groups -OCH3 is 1. The van der Waals surface area contributed by atoms with Crippen molar-refractivity contribution in [2.24, 2.45) is 0 Å². The van der Waals surface area contributed by atoms with Crippen molar-refractivity contribution in [3.05, 3.63) is 35.9 Å². The smallest absolute Gasteiger partial charge is 0.249 e. The quantitative estimate of drug-likeness (QED) is 0.905. The largest absolute Gasteiger partial charge is 0.479 e. The zero-order valence-electron chi connectivity index (χ0n) is 9.92. The predicted octanol–water partition coefficient (Wildman–Crippen LogP) is 1.87. The number of aromatic nitrogens is 2. The molecule has 0 fully saturated rings. The fourth-order valence-electron chi connectivity index (χ4n) is 1.37. The molecule has 0 saturated carbocycles. The monoisotopic (exact) mass is 260 g/mol. The fraction of sp³-hybridized carbons (Fsp3) is 0.0833. The van der Waals surface area contributed by atoms with Gasteiger partial charge in [-0.3, -0.25) is 0 Å². The molecular formula is C12H9FN4O2. The average Bonchev–Trinajstić information content (AvgIpc) is 2.43. The highest BCUT2D eigenvalue weighted by atomic mass is 19.1. The van der Waals surface area contributed by atoms with Gasteiger partial charge in [0.05, 0.1) is 18.7 Å². The van der Waals surface area contributed by atoms with E-state index in [9.17, 15) is 4.39 Å². The molecule has 2 N–H and O–H groups in total. The second-order valence-corrected chi connectivity index (χ2v) is 3.46. The summed E-state index contributed by atoms with van der Waals surface area (Å²) in [6.07, 6.45) is 1.19. The SMILES string of the molecule is COc1ncnc(Oc2ccc(C#N)cc2F)c1N. The summed E-state index contributed by atoms with van der Waals surface area (Å²) in [5, 5.41) is 8.64. The molecule has 6 nitrogen and oxygen atoms in total. The third-order valence-corrected chi connectivity index (χ3v) is 2.27. The Labute approximate surface area is 108 Å². The molecule has 0 bridgehead atoms. The molecule has 0 aliphatic carbocycles. The van der Waals surface area contributed by atoms with Crippen molar-refractivity contribution in [2.45, 2.75) is 0 Å². The van der Waals surface area contributed by atoms with E-state index in [0.29, 0.717) is 0 Å². The van der Waals surface area contributed by atoms with E-state index < -0.39 is 5.82 Å². The molecule has 2 aromatic rings. The molecule has 1 aromatic carbocycles. The van der Waals surface area contributed by atoms with Crippen molar-refractivity contribution in [1.29, 1.82) is 5.26 Å². The minimum Gasteiger partial charge on any atom is -0.479 e. The molecule has 0 atom stereocenters. The lowest BCUT2D eigenvalue weighted by Crippen LogP contribution is -2.01. The van der Waals surface area contributed by atoms with Crippen molar-refractivity contribution in [3.63, 3.8) is 0 Å². The topological polar surface area (TPSA) is 94.0 Å². The third-order valence-electron chi connectivity index (χ3n) is 2.27. The Morgan fingerprint density at radius 1 is 1.32 bits per heavy atom. The summed E-state index contributed by atoms with van der Waals surface area (Å²) in [6.45, 7) is 0. The van der Waals surface area contributed by atoms with Gasteiger partial charge >= 0.3 is 0 Å². The Balaban J connectivity index is 2.34. The van der Waals surface area contributed by atoms with E-state index in [4.69, 9.17) is 20.5 Å².